The molecule has 2 aromatic carbocycles. The van der Waals surface area contributed by atoms with E-state index in [0.29, 0.717) is 42.2 Å². The molecule has 0 saturated heterocycles. The summed E-state index contributed by atoms with van der Waals surface area (Å²) in [5.41, 5.74) is 2.22. The zero-order valence-electron chi connectivity index (χ0n) is 16.1. The Morgan fingerprint density at radius 3 is 2.69 bits per heavy atom. The van der Waals surface area contributed by atoms with Gasteiger partial charge in [-0.15, -0.1) is 0 Å². The Bertz CT molecular complexity index is 1110. The molecule has 1 N–H and O–H groups in total. The average molecular weight is 414 g/mol. The predicted octanol–water partition coefficient (Wildman–Crippen LogP) is 3.78. The third-order valence-electron chi connectivity index (χ3n) is 4.56. The van der Waals surface area contributed by atoms with Crippen molar-refractivity contribution in [1.29, 1.82) is 0 Å². The highest BCUT2D eigenvalue weighted by molar-refractivity contribution is 6.30. The molecule has 150 valence electrons. The molecule has 0 unspecified atom stereocenters. The largest absolute Gasteiger partial charge is 0.490 e. The fraction of sp³-hybridized carbons (Fsp3) is 0.238. The van der Waals surface area contributed by atoms with E-state index in [1.54, 1.807) is 6.20 Å². The second-order valence-electron chi connectivity index (χ2n) is 6.63. The van der Waals surface area contributed by atoms with E-state index in [0.717, 1.165) is 16.8 Å². The Labute approximate surface area is 172 Å². The van der Waals surface area contributed by atoms with Crippen LogP contribution in [0.3, 0.4) is 0 Å². The van der Waals surface area contributed by atoms with Crippen LogP contribution in [0.1, 0.15) is 11.1 Å². The third kappa shape index (κ3) is 4.14. The van der Waals surface area contributed by atoms with E-state index in [4.69, 9.17) is 25.8 Å². The highest BCUT2D eigenvalue weighted by Crippen LogP contribution is 2.36. The molecule has 0 amide bonds. The number of methoxy groups -OCH3 is 1. The predicted molar refractivity (Wildman–Crippen MR) is 111 cm³/mol. The number of benzene rings is 2. The lowest BCUT2D eigenvalue weighted by Crippen LogP contribution is -2.19. The number of ether oxygens (including phenoxy) is 3. The summed E-state index contributed by atoms with van der Waals surface area (Å²) in [4.78, 5) is 16.5. The number of fused-ring (bicyclic) bond motifs is 1. The fourth-order valence-electron chi connectivity index (χ4n) is 3.11. The number of hydrogen-bond acceptors (Lipinski definition) is 6. The van der Waals surface area contributed by atoms with E-state index in [1.807, 2.05) is 47.9 Å². The van der Waals surface area contributed by atoms with E-state index < -0.39 is 5.56 Å². The molecule has 0 bridgehead atoms. The van der Waals surface area contributed by atoms with Gasteiger partial charge in [0.2, 0.25) is 11.7 Å². The number of nitrogens with zero attached hydrogens (tertiary/aromatic N) is 2. The smallest absolute Gasteiger partial charge is 0.316 e. The first kappa shape index (κ1) is 19.1. The minimum atomic E-state index is -0.451. The number of nitrogens with one attached hydrogen (secondary N) is 1. The summed E-state index contributed by atoms with van der Waals surface area (Å²) in [6.07, 6.45) is 1.63. The molecule has 0 spiro atoms. The van der Waals surface area contributed by atoms with Gasteiger partial charge in [0.1, 0.15) is 13.2 Å². The number of aryl methyl sites for hydroxylation is 1. The molecule has 0 fully saturated rings. The van der Waals surface area contributed by atoms with Crippen molar-refractivity contribution >= 4 is 23.2 Å². The van der Waals surface area contributed by atoms with Gasteiger partial charge >= 0.3 is 5.56 Å². The lowest BCUT2D eigenvalue weighted by molar-refractivity contribution is 0.171. The molecule has 2 heterocycles. The maximum absolute atomic E-state index is 12.3. The SMILES string of the molecule is COc1cn(Cc2cccc(Cl)c2)c(Nc2cc3c(cc2C)OCCO3)nc1=O. The lowest BCUT2D eigenvalue weighted by atomic mass is 10.1. The first-order valence-corrected chi connectivity index (χ1v) is 9.48. The molecule has 0 saturated carbocycles. The Morgan fingerprint density at radius 1 is 1.21 bits per heavy atom. The van der Waals surface area contributed by atoms with E-state index in [1.165, 1.54) is 7.11 Å². The molecule has 1 aliphatic rings. The van der Waals surface area contributed by atoms with Crippen LogP contribution in [0.15, 0.2) is 47.4 Å². The highest BCUT2D eigenvalue weighted by Gasteiger charge is 2.16. The summed E-state index contributed by atoms with van der Waals surface area (Å²) in [6.45, 7) is 3.42. The highest BCUT2D eigenvalue weighted by atomic mass is 35.5. The molecule has 0 aliphatic carbocycles. The van der Waals surface area contributed by atoms with Crippen molar-refractivity contribution in [1.82, 2.24) is 9.55 Å². The first-order chi connectivity index (χ1) is 14.0. The summed E-state index contributed by atoms with van der Waals surface area (Å²) >= 11 is 6.11. The van der Waals surface area contributed by atoms with E-state index in [-0.39, 0.29) is 5.75 Å². The van der Waals surface area contributed by atoms with E-state index >= 15 is 0 Å². The van der Waals surface area contributed by atoms with Crippen molar-refractivity contribution < 1.29 is 14.2 Å². The Balaban J connectivity index is 1.73. The number of rotatable bonds is 5. The monoisotopic (exact) mass is 413 g/mol. The van der Waals surface area contributed by atoms with Crippen molar-refractivity contribution in [3.8, 4) is 17.2 Å². The second-order valence-corrected chi connectivity index (χ2v) is 7.07. The number of aromatic nitrogens is 2. The second kappa shape index (κ2) is 8.05. The maximum Gasteiger partial charge on any atom is 0.316 e. The standard InChI is InChI=1S/C21H20ClN3O4/c1-13-8-17-18(29-7-6-28-17)10-16(13)23-21-24-20(26)19(27-2)12-25(21)11-14-4-3-5-15(22)9-14/h3-5,8-10,12H,6-7,11H2,1-2H3,(H,23,24,26). The van der Waals surface area contributed by atoms with Crippen LogP contribution in [0.5, 0.6) is 17.2 Å². The van der Waals surface area contributed by atoms with Gasteiger partial charge < -0.3 is 24.1 Å². The van der Waals surface area contributed by atoms with Crippen LogP contribution in [0.2, 0.25) is 5.02 Å². The van der Waals surface area contributed by atoms with Crippen molar-refractivity contribution in [2.45, 2.75) is 13.5 Å². The summed E-state index contributed by atoms with van der Waals surface area (Å²) in [5, 5.41) is 3.89. The number of halogens is 1. The Kier molecular flexibility index (Phi) is 5.31. The summed E-state index contributed by atoms with van der Waals surface area (Å²) in [5.74, 6) is 1.91. The van der Waals surface area contributed by atoms with Gasteiger partial charge in [0, 0.05) is 16.8 Å². The molecule has 0 radical (unpaired) electrons. The van der Waals surface area contributed by atoms with Gasteiger partial charge in [-0.2, -0.15) is 4.98 Å². The molecule has 8 heteroatoms. The summed E-state index contributed by atoms with van der Waals surface area (Å²) in [6, 6.07) is 11.3. The van der Waals surface area contributed by atoms with Crippen molar-refractivity contribution in [2.24, 2.45) is 0 Å². The Hall–Kier alpha value is -3.19. The summed E-state index contributed by atoms with van der Waals surface area (Å²) in [7, 11) is 1.44. The molecular weight excluding hydrogens is 394 g/mol. The zero-order valence-corrected chi connectivity index (χ0v) is 16.8. The van der Waals surface area contributed by atoms with Gasteiger partial charge in [-0.3, -0.25) is 4.79 Å². The third-order valence-corrected chi connectivity index (χ3v) is 4.80. The maximum atomic E-state index is 12.3. The van der Waals surface area contributed by atoms with Crippen LogP contribution >= 0.6 is 11.6 Å². The van der Waals surface area contributed by atoms with Crippen LogP contribution < -0.4 is 25.1 Å². The molecule has 4 rings (SSSR count). The molecular formula is C21H20ClN3O4. The van der Waals surface area contributed by atoms with Crippen molar-refractivity contribution in [3.05, 3.63) is 69.1 Å². The van der Waals surface area contributed by atoms with Gasteiger partial charge in [0.25, 0.3) is 0 Å². The molecule has 1 aliphatic heterocycles. The molecule has 29 heavy (non-hydrogen) atoms. The average Bonchev–Trinajstić information content (AvgIpc) is 2.70. The molecule has 3 aromatic rings. The number of hydrogen-bond donors (Lipinski definition) is 1. The van der Waals surface area contributed by atoms with Crippen LogP contribution in [0, 0.1) is 6.92 Å². The van der Waals surface area contributed by atoms with Crippen LogP contribution in [0.25, 0.3) is 0 Å². The fourth-order valence-corrected chi connectivity index (χ4v) is 3.32. The molecule has 1 aromatic heterocycles. The molecule has 0 atom stereocenters. The Morgan fingerprint density at radius 2 is 1.97 bits per heavy atom. The van der Waals surface area contributed by atoms with E-state index in [2.05, 4.69) is 10.3 Å². The lowest BCUT2D eigenvalue weighted by Gasteiger charge is -2.21. The van der Waals surface area contributed by atoms with E-state index in [9.17, 15) is 4.79 Å². The van der Waals surface area contributed by atoms with Crippen molar-refractivity contribution in [2.75, 3.05) is 25.6 Å². The van der Waals surface area contributed by atoms with Crippen LogP contribution in [-0.4, -0.2) is 29.9 Å². The minimum absolute atomic E-state index is 0.163. The van der Waals surface area contributed by atoms with Gasteiger partial charge in [0.15, 0.2) is 11.5 Å². The van der Waals surface area contributed by atoms with Gasteiger partial charge in [-0.25, -0.2) is 0 Å². The van der Waals surface area contributed by atoms with Gasteiger partial charge in [-0.1, -0.05) is 23.7 Å². The quantitative estimate of drug-likeness (QED) is 0.686. The molecule has 7 nitrogen and oxygen atoms in total. The topological polar surface area (TPSA) is 74.6 Å². The number of anilines is 2. The van der Waals surface area contributed by atoms with Crippen LogP contribution in [-0.2, 0) is 6.54 Å². The van der Waals surface area contributed by atoms with Crippen LogP contribution in [0.4, 0.5) is 11.6 Å². The first-order valence-electron chi connectivity index (χ1n) is 9.10. The normalized spacial score (nSPS) is 12.5. The zero-order chi connectivity index (χ0) is 20.4. The van der Waals surface area contributed by atoms with Gasteiger partial charge in [0.05, 0.1) is 19.9 Å². The minimum Gasteiger partial charge on any atom is -0.490 e. The van der Waals surface area contributed by atoms with Crippen molar-refractivity contribution in [3.63, 3.8) is 0 Å². The summed E-state index contributed by atoms with van der Waals surface area (Å²) < 4.78 is 18.3. The van der Waals surface area contributed by atoms with Gasteiger partial charge in [-0.05, 0) is 36.2 Å².